The number of rotatable bonds is 7. The van der Waals surface area contributed by atoms with E-state index in [2.05, 4.69) is 48.3 Å². The lowest BCUT2D eigenvalue weighted by Crippen LogP contribution is -2.16. The maximum absolute atomic E-state index is 12.5. The van der Waals surface area contributed by atoms with Crippen molar-refractivity contribution in [3.8, 4) is 0 Å². The average Bonchev–Trinajstić information content (AvgIpc) is 2.60. The van der Waals surface area contributed by atoms with Gasteiger partial charge in [0.25, 0.3) is 5.91 Å². The normalized spacial score (nSPS) is 10.7. The average molecular weight is 326 g/mol. The summed E-state index contributed by atoms with van der Waals surface area (Å²) < 4.78 is 0. The number of anilines is 2. The highest BCUT2D eigenvalue weighted by atomic mass is 16.1. The molecule has 0 spiro atoms. The Bertz CT molecular complexity index is 658. The van der Waals surface area contributed by atoms with E-state index in [1.54, 1.807) is 12.4 Å². The van der Waals surface area contributed by atoms with Crippen LogP contribution in [0, 0.1) is 5.92 Å². The Hall–Kier alpha value is -2.43. The number of para-hydroxylation sites is 1. The molecule has 128 valence electrons. The fraction of sp³-hybridized carbons (Fsp3) is 0.421. The number of aryl methyl sites for hydroxylation is 2. The van der Waals surface area contributed by atoms with Gasteiger partial charge >= 0.3 is 0 Å². The summed E-state index contributed by atoms with van der Waals surface area (Å²) in [5.74, 6) is 0.874. The first-order chi connectivity index (χ1) is 11.5. The number of carbonyl (C=O) groups is 1. The third-order valence-electron chi connectivity index (χ3n) is 3.82. The van der Waals surface area contributed by atoms with E-state index >= 15 is 0 Å². The van der Waals surface area contributed by atoms with Crippen LogP contribution in [0.1, 0.15) is 49.2 Å². The van der Waals surface area contributed by atoms with Crippen molar-refractivity contribution in [2.75, 3.05) is 17.2 Å². The number of nitrogens with zero attached hydrogens (tertiary/aromatic N) is 2. The number of hydrogen-bond acceptors (Lipinski definition) is 4. The third-order valence-corrected chi connectivity index (χ3v) is 3.82. The number of aromatic nitrogens is 2. The van der Waals surface area contributed by atoms with Crippen molar-refractivity contribution in [2.24, 2.45) is 5.92 Å². The Labute approximate surface area is 143 Å². The fourth-order valence-electron chi connectivity index (χ4n) is 2.42. The van der Waals surface area contributed by atoms with Gasteiger partial charge in [0.2, 0.25) is 5.95 Å². The lowest BCUT2D eigenvalue weighted by atomic mass is 10.0. The van der Waals surface area contributed by atoms with Crippen LogP contribution >= 0.6 is 0 Å². The largest absolute Gasteiger partial charge is 0.354 e. The molecule has 0 saturated carbocycles. The molecule has 1 heterocycles. The second kappa shape index (κ2) is 8.43. The van der Waals surface area contributed by atoms with Gasteiger partial charge in [-0.1, -0.05) is 45.9 Å². The number of benzene rings is 1. The van der Waals surface area contributed by atoms with Gasteiger partial charge in [-0.3, -0.25) is 4.79 Å². The van der Waals surface area contributed by atoms with Crippen LogP contribution in [-0.2, 0) is 12.8 Å². The highest BCUT2D eigenvalue weighted by Gasteiger charge is 2.12. The summed E-state index contributed by atoms with van der Waals surface area (Å²) in [6, 6.07) is 6.13. The van der Waals surface area contributed by atoms with Crippen molar-refractivity contribution in [1.29, 1.82) is 0 Å². The van der Waals surface area contributed by atoms with Crippen molar-refractivity contribution < 1.29 is 4.79 Å². The van der Waals surface area contributed by atoms with Gasteiger partial charge in [-0.05, 0) is 29.9 Å². The van der Waals surface area contributed by atoms with Crippen LogP contribution in [0.25, 0.3) is 0 Å². The van der Waals surface area contributed by atoms with Crippen molar-refractivity contribution in [2.45, 2.75) is 40.5 Å². The van der Waals surface area contributed by atoms with Gasteiger partial charge in [-0.15, -0.1) is 0 Å². The smallest absolute Gasteiger partial charge is 0.258 e. The first kappa shape index (κ1) is 17.9. The standard InChI is InChI=1S/C19H26N4O/c1-5-14-8-7-9-15(6-2)17(14)23-18(24)16-11-21-19(22-12-16)20-10-13(3)4/h7-9,11-13H,5-6,10H2,1-4H3,(H,23,24)(H,20,21,22). The maximum Gasteiger partial charge on any atom is 0.258 e. The van der Waals surface area contributed by atoms with Crippen molar-refractivity contribution in [1.82, 2.24) is 9.97 Å². The molecule has 2 rings (SSSR count). The number of hydrogen-bond donors (Lipinski definition) is 2. The SMILES string of the molecule is CCc1cccc(CC)c1NC(=O)c1cnc(NCC(C)C)nc1. The van der Waals surface area contributed by atoms with E-state index in [0.29, 0.717) is 17.4 Å². The minimum atomic E-state index is -0.180. The number of carbonyl (C=O) groups excluding carboxylic acids is 1. The van der Waals surface area contributed by atoms with Gasteiger partial charge in [0.15, 0.2) is 0 Å². The van der Waals surface area contributed by atoms with E-state index in [-0.39, 0.29) is 5.91 Å². The Morgan fingerprint density at radius 2 is 1.67 bits per heavy atom. The summed E-state index contributed by atoms with van der Waals surface area (Å²) in [4.78, 5) is 20.9. The quantitative estimate of drug-likeness (QED) is 0.809. The zero-order valence-corrected chi connectivity index (χ0v) is 14.9. The molecule has 1 aromatic heterocycles. The predicted octanol–water partition coefficient (Wildman–Crippen LogP) is 3.92. The zero-order chi connectivity index (χ0) is 17.5. The van der Waals surface area contributed by atoms with Gasteiger partial charge < -0.3 is 10.6 Å². The molecule has 0 bridgehead atoms. The van der Waals surface area contributed by atoms with Gasteiger partial charge in [-0.2, -0.15) is 0 Å². The summed E-state index contributed by atoms with van der Waals surface area (Å²) in [6.45, 7) is 9.21. The summed E-state index contributed by atoms with van der Waals surface area (Å²) >= 11 is 0. The Morgan fingerprint density at radius 3 is 2.17 bits per heavy atom. The van der Waals surface area contributed by atoms with E-state index in [4.69, 9.17) is 0 Å². The monoisotopic (exact) mass is 326 g/mol. The minimum Gasteiger partial charge on any atom is -0.354 e. The topological polar surface area (TPSA) is 66.9 Å². The third kappa shape index (κ3) is 4.54. The van der Waals surface area contributed by atoms with Gasteiger partial charge in [-0.25, -0.2) is 9.97 Å². The Balaban J connectivity index is 2.13. The second-order valence-electron chi connectivity index (χ2n) is 6.18. The molecular formula is C19H26N4O. The number of nitrogens with one attached hydrogen (secondary N) is 2. The summed E-state index contributed by atoms with van der Waals surface area (Å²) in [5.41, 5.74) is 3.64. The van der Waals surface area contributed by atoms with Crippen LogP contribution in [0.15, 0.2) is 30.6 Å². The molecule has 0 radical (unpaired) electrons. The molecular weight excluding hydrogens is 300 g/mol. The highest BCUT2D eigenvalue weighted by Crippen LogP contribution is 2.23. The number of amides is 1. The van der Waals surface area contributed by atoms with Crippen LogP contribution in [0.3, 0.4) is 0 Å². The van der Waals surface area contributed by atoms with E-state index in [0.717, 1.165) is 36.2 Å². The van der Waals surface area contributed by atoms with Crippen molar-refractivity contribution in [3.63, 3.8) is 0 Å². The van der Waals surface area contributed by atoms with E-state index in [1.807, 2.05) is 18.2 Å². The molecule has 0 atom stereocenters. The molecule has 5 nitrogen and oxygen atoms in total. The molecule has 5 heteroatoms. The zero-order valence-electron chi connectivity index (χ0n) is 14.9. The van der Waals surface area contributed by atoms with E-state index in [9.17, 15) is 4.79 Å². The predicted molar refractivity (Wildman–Crippen MR) is 98.5 cm³/mol. The second-order valence-corrected chi connectivity index (χ2v) is 6.18. The molecule has 0 fully saturated rings. The molecule has 2 aromatic rings. The molecule has 0 aliphatic heterocycles. The molecule has 0 aliphatic carbocycles. The van der Waals surface area contributed by atoms with E-state index in [1.165, 1.54) is 0 Å². The molecule has 0 aliphatic rings. The molecule has 0 unspecified atom stereocenters. The van der Waals surface area contributed by atoms with Gasteiger partial charge in [0, 0.05) is 24.6 Å². The lowest BCUT2D eigenvalue weighted by Gasteiger charge is -2.14. The molecule has 24 heavy (non-hydrogen) atoms. The maximum atomic E-state index is 12.5. The summed E-state index contributed by atoms with van der Waals surface area (Å²) in [5, 5.41) is 6.17. The minimum absolute atomic E-state index is 0.180. The summed E-state index contributed by atoms with van der Waals surface area (Å²) in [6.07, 6.45) is 4.87. The van der Waals surface area contributed by atoms with Crippen LogP contribution in [0.5, 0.6) is 0 Å². The van der Waals surface area contributed by atoms with Crippen molar-refractivity contribution in [3.05, 3.63) is 47.3 Å². The van der Waals surface area contributed by atoms with Crippen LogP contribution in [0.2, 0.25) is 0 Å². The Kier molecular flexibility index (Phi) is 6.29. The molecule has 1 amide bonds. The first-order valence-electron chi connectivity index (χ1n) is 8.53. The molecule has 2 N–H and O–H groups in total. The molecule has 0 saturated heterocycles. The molecule has 1 aromatic carbocycles. The van der Waals surface area contributed by atoms with Crippen molar-refractivity contribution >= 4 is 17.5 Å². The fourth-order valence-corrected chi connectivity index (χ4v) is 2.42. The summed E-state index contributed by atoms with van der Waals surface area (Å²) in [7, 11) is 0. The van der Waals surface area contributed by atoms with Crippen LogP contribution in [-0.4, -0.2) is 22.4 Å². The van der Waals surface area contributed by atoms with Crippen LogP contribution < -0.4 is 10.6 Å². The van der Waals surface area contributed by atoms with Gasteiger partial charge in [0.05, 0.1) is 5.56 Å². The first-order valence-corrected chi connectivity index (χ1v) is 8.53. The van der Waals surface area contributed by atoms with E-state index < -0.39 is 0 Å². The lowest BCUT2D eigenvalue weighted by molar-refractivity contribution is 0.102. The highest BCUT2D eigenvalue weighted by molar-refractivity contribution is 6.04. The Morgan fingerprint density at radius 1 is 1.08 bits per heavy atom. The van der Waals surface area contributed by atoms with Crippen LogP contribution in [0.4, 0.5) is 11.6 Å². The van der Waals surface area contributed by atoms with Gasteiger partial charge in [0.1, 0.15) is 0 Å².